The third kappa shape index (κ3) is 7.02. The Morgan fingerprint density at radius 1 is 1.13 bits per heavy atom. The summed E-state index contributed by atoms with van der Waals surface area (Å²) in [4.78, 5) is 23.8. The van der Waals surface area contributed by atoms with Crippen molar-refractivity contribution in [1.82, 2.24) is 10.8 Å². The number of aromatic carboxylic acids is 1. The molecule has 0 aliphatic heterocycles. The number of carbonyl (C=O) groups excluding carboxylic acids is 1. The van der Waals surface area contributed by atoms with E-state index < -0.39 is 5.97 Å². The molecule has 0 saturated heterocycles. The van der Waals surface area contributed by atoms with Gasteiger partial charge in [-0.3, -0.25) is 15.5 Å². The van der Waals surface area contributed by atoms with Crippen LogP contribution in [0.2, 0.25) is 0 Å². The van der Waals surface area contributed by atoms with E-state index in [4.69, 9.17) is 21.9 Å². The van der Waals surface area contributed by atoms with Crippen molar-refractivity contribution in [2.24, 2.45) is 0 Å². The Morgan fingerprint density at radius 2 is 1.77 bits per heavy atom. The first-order chi connectivity index (χ1) is 14.3. The number of benzene rings is 2. The van der Waals surface area contributed by atoms with Crippen molar-refractivity contribution >= 4 is 23.5 Å². The summed E-state index contributed by atoms with van der Waals surface area (Å²) in [5.41, 5.74) is 3.93. The Balaban J connectivity index is 2.13. The van der Waals surface area contributed by atoms with Crippen LogP contribution in [0.4, 0.5) is 4.39 Å². The van der Waals surface area contributed by atoms with Gasteiger partial charge in [-0.15, -0.1) is 0 Å². The average Bonchev–Trinajstić information content (AvgIpc) is 2.72. The maximum Gasteiger partial charge on any atom is 0.335 e. The molecule has 2 aromatic rings. The lowest BCUT2D eigenvalue weighted by Gasteiger charge is -2.16. The summed E-state index contributed by atoms with van der Waals surface area (Å²) in [6, 6.07) is 11.8. The van der Waals surface area contributed by atoms with E-state index in [1.54, 1.807) is 31.2 Å². The van der Waals surface area contributed by atoms with Gasteiger partial charge in [0.15, 0.2) is 0 Å². The fourth-order valence-corrected chi connectivity index (χ4v) is 2.92. The fraction of sp³-hybridized carbons (Fsp3) is 0.182. The number of aryl methyl sites for hydroxylation is 1. The largest absolute Gasteiger partial charge is 0.478 e. The monoisotopic (exact) mass is 432 g/mol. The minimum absolute atomic E-state index is 0.125. The van der Waals surface area contributed by atoms with E-state index in [0.29, 0.717) is 18.4 Å². The van der Waals surface area contributed by atoms with Gasteiger partial charge in [0.25, 0.3) is 0 Å². The van der Waals surface area contributed by atoms with Crippen molar-refractivity contribution in [2.45, 2.75) is 25.8 Å². The molecule has 0 heterocycles. The lowest BCUT2D eigenvalue weighted by molar-refractivity contribution is -0.118. The molecule has 158 valence electrons. The zero-order valence-electron chi connectivity index (χ0n) is 16.2. The molecule has 0 bridgehead atoms. The first-order valence-electron chi connectivity index (χ1n) is 9.14. The third-order valence-electron chi connectivity index (χ3n) is 4.41. The van der Waals surface area contributed by atoms with Gasteiger partial charge in [0.1, 0.15) is 5.82 Å². The molecule has 1 atom stereocenters. The molecule has 1 unspecified atom stereocenters. The second kappa shape index (κ2) is 11.1. The molecule has 0 aliphatic rings. The lowest BCUT2D eigenvalue weighted by atomic mass is 10.0. The van der Waals surface area contributed by atoms with Gasteiger partial charge in [0.05, 0.1) is 16.6 Å². The Morgan fingerprint density at radius 3 is 2.33 bits per heavy atom. The van der Waals surface area contributed by atoms with Gasteiger partial charge in [-0.1, -0.05) is 35.9 Å². The van der Waals surface area contributed by atoms with Crippen LogP contribution in [-0.2, 0) is 11.2 Å². The zero-order valence-corrected chi connectivity index (χ0v) is 17.0. The first kappa shape index (κ1) is 23.1. The maximum absolute atomic E-state index is 13.1. The Bertz CT molecular complexity index is 941. The van der Waals surface area contributed by atoms with E-state index in [9.17, 15) is 14.0 Å². The smallest absolute Gasteiger partial charge is 0.335 e. The van der Waals surface area contributed by atoms with Crippen molar-refractivity contribution in [3.8, 4) is 0 Å². The minimum atomic E-state index is -1.02. The van der Waals surface area contributed by atoms with Gasteiger partial charge in [-0.05, 0) is 61.2 Å². The van der Waals surface area contributed by atoms with Crippen LogP contribution in [0.3, 0.4) is 0 Å². The van der Waals surface area contributed by atoms with Gasteiger partial charge < -0.3 is 10.4 Å². The molecule has 0 fully saturated rings. The van der Waals surface area contributed by atoms with Crippen molar-refractivity contribution in [3.63, 3.8) is 0 Å². The summed E-state index contributed by atoms with van der Waals surface area (Å²) in [6.07, 6.45) is 3.38. The minimum Gasteiger partial charge on any atom is -0.478 e. The van der Waals surface area contributed by atoms with Crippen LogP contribution < -0.4 is 10.8 Å². The molecule has 0 aliphatic carbocycles. The van der Waals surface area contributed by atoms with Gasteiger partial charge >= 0.3 is 5.97 Å². The lowest BCUT2D eigenvalue weighted by Crippen LogP contribution is -2.28. The SMILES string of the molecule is CC(NC(=O)/C(=C/C(Cl)=C\NO)CCc1ccc(F)cc1)c1ccc(C(=O)O)cc1. The van der Waals surface area contributed by atoms with E-state index in [2.05, 4.69) is 5.32 Å². The summed E-state index contributed by atoms with van der Waals surface area (Å²) in [5, 5.41) is 20.7. The van der Waals surface area contributed by atoms with Crippen LogP contribution in [0.1, 0.15) is 40.9 Å². The van der Waals surface area contributed by atoms with Crippen LogP contribution in [0.25, 0.3) is 0 Å². The number of halogens is 2. The Labute approximate surface area is 178 Å². The van der Waals surface area contributed by atoms with Crippen LogP contribution in [-0.4, -0.2) is 22.2 Å². The van der Waals surface area contributed by atoms with Gasteiger partial charge in [-0.25, -0.2) is 9.18 Å². The molecule has 1 amide bonds. The number of hydrogen-bond acceptors (Lipinski definition) is 4. The summed E-state index contributed by atoms with van der Waals surface area (Å²) in [7, 11) is 0. The third-order valence-corrected chi connectivity index (χ3v) is 4.63. The number of carbonyl (C=O) groups is 2. The Kier molecular flexibility index (Phi) is 8.58. The summed E-state index contributed by atoms with van der Waals surface area (Å²) in [5.74, 6) is -1.73. The van der Waals surface area contributed by atoms with E-state index >= 15 is 0 Å². The molecule has 2 aromatic carbocycles. The number of carboxylic acids is 1. The molecule has 0 aromatic heterocycles. The second-order valence-electron chi connectivity index (χ2n) is 6.58. The number of hydroxylamine groups is 1. The molecule has 0 saturated carbocycles. The number of allylic oxidation sites excluding steroid dienone is 2. The zero-order chi connectivity index (χ0) is 22.1. The highest BCUT2D eigenvalue weighted by molar-refractivity contribution is 6.31. The molecular weight excluding hydrogens is 411 g/mol. The molecule has 2 rings (SSSR count). The number of nitrogens with one attached hydrogen (secondary N) is 2. The number of amides is 1. The summed E-state index contributed by atoms with van der Waals surface area (Å²) in [6.45, 7) is 1.78. The highest BCUT2D eigenvalue weighted by Crippen LogP contribution is 2.18. The van der Waals surface area contributed by atoms with E-state index in [1.165, 1.54) is 30.3 Å². The molecule has 8 heteroatoms. The van der Waals surface area contributed by atoms with E-state index in [1.807, 2.05) is 5.48 Å². The summed E-state index contributed by atoms with van der Waals surface area (Å²) < 4.78 is 13.1. The van der Waals surface area contributed by atoms with Gasteiger partial charge in [-0.2, -0.15) is 0 Å². The van der Waals surface area contributed by atoms with Gasteiger partial charge in [0.2, 0.25) is 5.91 Å². The number of carboxylic acid groups (broad SMARTS) is 1. The highest BCUT2D eigenvalue weighted by Gasteiger charge is 2.15. The molecule has 6 nitrogen and oxygen atoms in total. The molecule has 0 spiro atoms. The van der Waals surface area contributed by atoms with Crippen LogP contribution in [0.15, 0.2) is 71.4 Å². The van der Waals surface area contributed by atoms with Crippen molar-refractivity contribution in [3.05, 3.63) is 93.9 Å². The van der Waals surface area contributed by atoms with Crippen LogP contribution in [0.5, 0.6) is 0 Å². The molecule has 4 N–H and O–H groups in total. The molecule has 30 heavy (non-hydrogen) atoms. The van der Waals surface area contributed by atoms with Gasteiger partial charge in [0, 0.05) is 11.8 Å². The highest BCUT2D eigenvalue weighted by atomic mass is 35.5. The van der Waals surface area contributed by atoms with E-state index in [-0.39, 0.29) is 28.4 Å². The Hall–Kier alpha value is -3.16. The topological polar surface area (TPSA) is 98.7 Å². The van der Waals surface area contributed by atoms with E-state index in [0.717, 1.165) is 17.3 Å². The molecular formula is C22H22ClFN2O4. The molecule has 0 radical (unpaired) electrons. The van der Waals surface area contributed by atoms with Crippen molar-refractivity contribution in [1.29, 1.82) is 0 Å². The quantitative estimate of drug-likeness (QED) is 0.269. The average molecular weight is 433 g/mol. The number of hydrogen-bond donors (Lipinski definition) is 4. The first-order valence-corrected chi connectivity index (χ1v) is 9.52. The predicted molar refractivity (Wildman–Crippen MR) is 112 cm³/mol. The van der Waals surface area contributed by atoms with Crippen LogP contribution in [0, 0.1) is 5.82 Å². The van der Waals surface area contributed by atoms with Crippen LogP contribution >= 0.6 is 11.6 Å². The summed E-state index contributed by atoms with van der Waals surface area (Å²) >= 11 is 6.00. The predicted octanol–water partition coefficient (Wildman–Crippen LogP) is 4.32. The van der Waals surface area contributed by atoms with Crippen molar-refractivity contribution < 1.29 is 24.3 Å². The normalized spacial score (nSPS) is 12.9. The van der Waals surface area contributed by atoms with Crippen molar-refractivity contribution in [2.75, 3.05) is 0 Å². The second-order valence-corrected chi connectivity index (χ2v) is 7.01. The standard InChI is InChI=1S/C22H22ClFN2O4/c1-14(16-6-8-17(9-7-16)22(28)29)26-21(27)18(12-19(23)13-25-30)5-2-15-3-10-20(24)11-4-15/h3-4,6-14,25,30H,2,5H2,1H3,(H,26,27)(H,28,29)/b18-12+,19-13+. The fourth-order valence-electron chi connectivity index (χ4n) is 2.74. The maximum atomic E-state index is 13.1. The number of rotatable bonds is 9.